The van der Waals surface area contributed by atoms with Gasteiger partial charge < -0.3 is 15.4 Å². The fourth-order valence-corrected chi connectivity index (χ4v) is 2.09. The number of amides is 2. The van der Waals surface area contributed by atoms with Crippen molar-refractivity contribution in [3.8, 4) is 5.75 Å². The second-order valence-electron chi connectivity index (χ2n) is 5.20. The fourth-order valence-electron chi connectivity index (χ4n) is 2.09. The molecule has 0 saturated heterocycles. The maximum absolute atomic E-state index is 11.9. The zero-order valence-electron chi connectivity index (χ0n) is 13.2. The zero-order valence-corrected chi connectivity index (χ0v) is 13.2. The van der Waals surface area contributed by atoms with Crippen LogP contribution >= 0.6 is 0 Å². The minimum atomic E-state index is -0.685. The van der Waals surface area contributed by atoms with Crippen molar-refractivity contribution >= 4 is 17.5 Å². The average Bonchev–Trinajstić information content (AvgIpc) is 2.60. The maximum Gasteiger partial charge on any atom is 0.313 e. The van der Waals surface area contributed by atoms with Gasteiger partial charge in [-0.25, -0.2) is 0 Å². The normalized spacial score (nSPS) is 11.4. The molecule has 2 aromatic carbocycles. The van der Waals surface area contributed by atoms with Gasteiger partial charge in [-0.15, -0.1) is 0 Å². The molecule has 0 radical (unpaired) electrons. The monoisotopic (exact) mass is 312 g/mol. The highest BCUT2D eigenvalue weighted by Crippen LogP contribution is 2.15. The number of anilines is 1. The quantitative estimate of drug-likeness (QED) is 0.834. The van der Waals surface area contributed by atoms with E-state index in [9.17, 15) is 9.59 Å². The van der Waals surface area contributed by atoms with Crippen molar-refractivity contribution < 1.29 is 14.3 Å². The molecule has 0 unspecified atom stereocenters. The van der Waals surface area contributed by atoms with Crippen molar-refractivity contribution in [1.82, 2.24) is 5.32 Å². The van der Waals surface area contributed by atoms with Crippen LogP contribution in [-0.4, -0.2) is 25.5 Å². The van der Waals surface area contributed by atoms with Crippen LogP contribution in [-0.2, 0) is 9.59 Å². The summed E-state index contributed by atoms with van der Waals surface area (Å²) in [7, 11) is 1.56. The number of methoxy groups -OCH3 is 1. The molecule has 0 aliphatic heterocycles. The van der Waals surface area contributed by atoms with E-state index in [0.29, 0.717) is 18.0 Å². The van der Waals surface area contributed by atoms with Crippen LogP contribution in [0.4, 0.5) is 5.69 Å². The van der Waals surface area contributed by atoms with Crippen molar-refractivity contribution in [1.29, 1.82) is 0 Å². The minimum absolute atomic E-state index is 0.133. The molecule has 2 aromatic rings. The largest absolute Gasteiger partial charge is 0.497 e. The molecule has 0 aromatic heterocycles. The molecule has 1 atom stereocenters. The molecule has 2 rings (SSSR count). The lowest BCUT2D eigenvalue weighted by Gasteiger charge is -2.13. The third-order valence-electron chi connectivity index (χ3n) is 3.49. The molecule has 5 heteroatoms. The van der Waals surface area contributed by atoms with Gasteiger partial charge in [0.1, 0.15) is 5.75 Å². The molecule has 0 heterocycles. The molecule has 0 fully saturated rings. The topological polar surface area (TPSA) is 67.4 Å². The SMILES string of the molecule is COc1ccc(NC(=O)C(=O)NC[C@@H](C)c2ccccc2)cc1. The maximum atomic E-state index is 11.9. The van der Waals surface area contributed by atoms with E-state index in [1.807, 2.05) is 37.3 Å². The Kier molecular flexibility index (Phi) is 5.74. The predicted molar refractivity (Wildman–Crippen MR) is 89.5 cm³/mol. The van der Waals surface area contributed by atoms with E-state index in [1.165, 1.54) is 0 Å². The van der Waals surface area contributed by atoms with Crippen LogP contribution in [0, 0.1) is 0 Å². The number of hydrogen-bond acceptors (Lipinski definition) is 3. The highest BCUT2D eigenvalue weighted by Gasteiger charge is 2.15. The summed E-state index contributed by atoms with van der Waals surface area (Å²) in [6.45, 7) is 2.40. The van der Waals surface area contributed by atoms with Gasteiger partial charge in [0.15, 0.2) is 0 Å². The zero-order chi connectivity index (χ0) is 16.7. The highest BCUT2D eigenvalue weighted by molar-refractivity contribution is 6.39. The first kappa shape index (κ1) is 16.5. The number of nitrogens with one attached hydrogen (secondary N) is 2. The van der Waals surface area contributed by atoms with E-state index in [1.54, 1.807) is 31.4 Å². The lowest BCUT2D eigenvalue weighted by Crippen LogP contribution is -2.37. The van der Waals surface area contributed by atoms with Gasteiger partial charge in [0, 0.05) is 12.2 Å². The van der Waals surface area contributed by atoms with E-state index in [2.05, 4.69) is 10.6 Å². The summed E-state index contributed by atoms with van der Waals surface area (Å²) in [4.78, 5) is 23.7. The smallest absolute Gasteiger partial charge is 0.313 e. The van der Waals surface area contributed by atoms with E-state index in [0.717, 1.165) is 5.56 Å². The number of ether oxygens (including phenoxy) is 1. The number of carbonyl (C=O) groups is 2. The Labute approximate surface area is 135 Å². The summed E-state index contributed by atoms with van der Waals surface area (Å²) < 4.78 is 5.04. The van der Waals surface area contributed by atoms with Gasteiger partial charge in [-0.1, -0.05) is 37.3 Å². The van der Waals surface area contributed by atoms with Crippen molar-refractivity contribution in [2.24, 2.45) is 0 Å². The number of hydrogen-bond donors (Lipinski definition) is 2. The standard InChI is InChI=1S/C18H20N2O3/c1-13(14-6-4-3-5-7-14)12-19-17(21)18(22)20-15-8-10-16(23-2)11-9-15/h3-11,13H,12H2,1-2H3,(H,19,21)(H,20,22)/t13-/m1/s1. The molecule has 0 aliphatic rings. The fraction of sp³-hybridized carbons (Fsp3) is 0.222. The van der Waals surface area contributed by atoms with Gasteiger partial charge in [-0.3, -0.25) is 9.59 Å². The number of rotatable bonds is 5. The Morgan fingerprint density at radius 3 is 2.26 bits per heavy atom. The van der Waals surface area contributed by atoms with Crippen LogP contribution in [0.25, 0.3) is 0 Å². The van der Waals surface area contributed by atoms with Crippen molar-refractivity contribution in [3.05, 3.63) is 60.2 Å². The Morgan fingerprint density at radius 2 is 1.65 bits per heavy atom. The summed E-state index contributed by atoms with van der Waals surface area (Å²) in [5.41, 5.74) is 1.66. The van der Waals surface area contributed by atoms with E-state index in [-0.39, 0.29) is 5.92 Å². The predicted octanol–water partition coefficient (Wildman–Crippen LogP) is 2.55. The lowest BCUT2D eigenvalue weighted by atomic mass is 10.0. The van der Waals surface area contributed by atoms with Crippen LogP contribution in [0.5, 0.6) is 5.75 Å². The number of carbonyl (C=O) groups excluding carboxylic acids is 2. The molecular formula is C18H20N2O3. The summed E-state index contributed by atoms with van der Waals surface area (Å²) in [6.07, 6.45) is 0. The first-order valence-electron chi connectivity index (χ1n) is 7.38. The molecular weight excluding hydrogens is 292 g/mol. The van der Waals surface area contributed by atoms with Gasteiger partial charge in [0.05, 0.1) is 7.11 Å². The Bertz CT molecular complexity index is 654. The van der Waals surface area contributed by atoms with Gasteiger partial charge in [-0.2, -0.15) is 0 Å². The van der Waals surface area contributed by atoms with Crippen LogP contribution in [0.15, 0.2) is 54.6 Å². The van der Waals surface area contributed by atoms with Crippen LogP contribution in [0.3, 0.4) is 0 Å². The van der Waals surface area contributed by atoms with Crippen LogP contribution < -0.4 is 15.4 Å². The van der Waals surface area contributed by atoms with E-state index < -0.39 is 11.8 Å². The van der Waals surface area contributed by atoms with Gasteiger partial charge >= 0.3 is 11.8 Å². The summed E-state index contributed by atoms with van der Waals surface area (Å²) >= 11 is 0. The van der Waals surface area contributed by atoms with E-state index >= 15 is 0 Å². The third-order valence-corrected chi connectivity index (χ3v) is 3.49. The Morgan fingerprint density at radius 1 is 1.00 bits per heavy atom. The van der Waals surface area contributed by atoms with Crippen molar-refractivity contribution in [3.63, 3.8) is 0 Å². The molecule has 120 valence electrons. The number of benzene rings is 2. The van der Waals surface area contributed by atoms with Gasteiger partial charge in [0.2, 0.25) is 0 Å². The second-order valence-corrected chi connectivity index (χ2v) is 5.20. The molecule has 0 spiro atoms. The second kappa shape index (κ2) is 7.98. The summed E-state index contributed by atoms with van der Waals surface area (Å²) in [5, 5.41) is 5.20. The van der Waals surface area contributed by atoms with Crippen LogP contribution in [0.1, 0.15) is 18.4 Å². The Hall–Kier alpha value is -2.82. The average molecular weight is 312 g/mol. The molecule has 2 N–H and O–H groups in total. The van der Waals surface area contributed by atoms with Crippen LogP contribution in [0.2, 0.25) is 0 Å². The summed E-state index contributed by atoms with van der Waals surface area (Å²) in [6, 6.07) is 16.6. The molecule has 0 saturated carbocycles. The van der Waals surface area contributed by atoms with Crippen molar-refractivity contribution in [2.75, 3.05) is 19.0 Å². The molecule has 23 heavy (non-hydrogen) atoms. The molecule has 0 aliphatic carbocycles. The Balaban J connectivity index is 1.83. The highest BCUT2D eigenvalue weighted by atomic mass is 16.5. The van der Waals surface area contributed by atoms with Gasteiger partial charge in [-0.05, 0) is 35.7 Å². The first-order valence-corrected chi connectivity index (χ1v) is 7.38. The molecule has 5 nitrogen and oxygen atoms in total. The molecule has 0 bridgehead atoms. The third kappa shape index (κ3) is 4.85. The van der Waals surface area contributed by atoms with Gasteiger partial charge in [0.25, 0.3) is 0 Å². The molecule has 2 amide bonds. The lowest BCUT2D eigenvalue weighted by molar-refractivity contribution is -0.136. The van der Waals surface area contributed by atoms with Crippen molar-refractivity contribution in [2.45, 2.75) is 12.8 Å². The minimum Gasteiger partial charge on any atom is -0.497 e. The first-order chi connectivity index (χ1) is 11.1. The van der Waals surface area contributed by atoms with E-state index in [4.69, 9.17) is 4.74 Å². The summed E-state index contributed by atoms with van der Waals surface area (Å²) in [5.74, 6) is -0.517.